The summed E-state index contributed by atoms with van der Waals surface area (Å²) in [5.74, 6) is 0.423. The van der Waals surface area contributed by atoms with Gasteiger partial charge >= 0.3 is 6.03 Å². The summed E-state index contributed by atoms with van der Waals surface area (Å²) < 4.78 is 0. The molecule has 0 aliphatic carbocycles. The van der Waals surface area contributed by atoms with Gasteiger partial charge in [-0.05, 0) is 19.8 Å². The zero-order valence-electron chi connectivity index (χ0n) is 9.49. The summed E-state index contributed by atoms with van der Waals surface area (Å²) in [5, 5.41) is 7.35. The summed E-state index contributed by atoms with van der Waals surface area (Å²) in [7, 11) is 1.80. The van der Waals surface area contributed by atoms with E-state index in [1.165, 1.54) is 0 Å². The van der Waals surface area contributed by atoms with Crippen LogP contribution in [0.3, 0.4) is 0 Å². The van der Waals surface area contributed by atoms with Crippen LogP contribution in [0.25, 0.3) is 0 Å². The highest BCUT2D eigenvalue weighted by molar-refractivity contribution is 5.80. The number of nitrogens with two attached hydrogens (primary N) is 1. The van der Waals surface area contributed by atoms with Crippen LogP contribution in [0.2, 0.25) is 0 Å². The number of hydrogen-bond donors (Lipinski definition) is 2. The van der Waals surface area contributed by atoms with E-state index in [0.29, 0.717) is 13.1 Å². The van der Waals surface area contributed by atoms with Crippen molar-refractivity contribution < 1.29 is 4.79 Å². The van der Waals surface area contributed by atoms with Gasteiger partial charge in [0.05, 0.1) is 5.84 Å². The predicted octanol–water partition coefficient (Wildman–Crippen LogP) is 0.706. The molecule has 15 heavy (non-hydrogen) atoms. The number of amidine groups is 1. The molecule has 1 rings (SSSR count). The van der Waals surface area contributed by atoms with E-state index in [1.54, 1.807) is 11.9 Å². The van der Waals surface area contributed by atoms with Crippen LogP contribution < -0.4 is 5.73 Å². The smallest absolute Gasteiger partial charge is 0.319 e. The minimum absolute atomic E-state index is 0.0829. The second kappa shape index (κ2) is 5.00. The third-order valence-corrected chi connectivity index (χ3v) is 3.01. The first-order valence-corrected chi connectivity index (χ1v) is 5.40. The Labute approximate surface area is 90.7 Å². The normalized spacial score (nSPS) is 17.6. The molecule has 0 aromatic rings. The molecule has 0 radical (unpaired) electrons. The minimum atomic E-state index is 0.0829. The van der Waals surface area contributed by atoms with Crippen LogP contribution in [0.15, 0.2) is 0 Å². The van der Waals surface area contributed by atoms with Crippen molar-refractivity contribution in [2.45, 2.75) is 19.8 Å². The standard InChI is InChI=1S/C10H20N4O/c1-3-13(2)10(15)14-6-4-8(5-7-14)9(11)12/h8H,3-7H2,1-2H3,(H3,11,12). The lowest BCUT2D eigenvalue weighted by Crippen LogP contribution is -2.46. The van der Waals surface area contributed by atoms with Gasteiger partial charge in [0.25, 0.3) is 0 Å². The third-order valence-electron chi connectivity index (χ3n) is 3.01. The van der Waals surface area contributed by atoms with E-state index in [0.717, 1.165) is 19.4 Å². The van der Waals surface area contributed by atoms with E-state index < -0.39 is 0 Å². The van der Waals surface area contributed by atoms with E-state index in [1.807, 2.05) is 11.8 Å². The SMILES string of the molecule is CCN(C)C(=O)N1CCC(C(=N)N)CC1. The van der Waals surface area contributed by atoms with Gasteiger partial charge in [-0.25, -0.2) is 4.79 Å². The van der Waals surface area contributed by atoms with Crippen LogP contribution in [0.1, 0.15) is 19.8 Å². The molecule has 1 aliphatic rings. The van der Waals surface area contributed by atoms with Crippen molar-refractivity contribution in [3.63, 3.8) is 0 Å². The molecule has 0 aromatic heterocycles. The Balaban J connectivity index is 2.43. The Kier molecular flexibility index (Phi) is 3.94. The number of hydrogen-bond acceptors (Lipinski definition) is 2. The van der Waals surface area contributed by atoms with Crippen LogP contribution in [0, 0.1) is 11.3 Å². The van der Waals surface area contributed by atoms with Crippen LogP contribution >= 0.6 is 0 Å². The topological polar surface area (TPSA) is 73.4 Å². The number of likely N-dealkylation sites (tertiary alicyclic amines) is 1. The lowest BCUT2D eigenvalue weighted by Gasteiger charge is -2.33. The number of nitrogens with one attached hydrogen (secondary N) is 1. The number of piperidine rings is 1. The van der Waals surface area contributed by atoms with Crippen molar-refractivity contribution in [1.82, 2.24) is 9.80 Å². The second-order valence-electron chi connectivity index (χ2n) is 4.01. The van der Waals surface area contributed by atoms with Crippen LogP contribution in [-0.2, 0) is 0 Å². The fraction of sp³-hybridized carbons (Fsp3) is 0.800. The maximum atomic E-state index is 11.8. The maximum Gasteiger partial charge on any atom is 0.319 e. The maximum absolute atomic E-state index is 11.8. The van der Waals surface area contributed by atoms with Gasteiger partial charge in [0.2, 0.25) is 0 Å². The molecule has 0 spiro atoms. The van der Waals surface area contributed by atoms with Gasteiger partial charge in [-0.3, -0.25) is 5.41 Å². The quantitative estimate of drug-likeness (QED) is 0.522. The molecule has 2 amide bonds. The van der Waals surface area contributed by atoms with Crippen molar-refractivity contribution in [1.29, 1.82) is 5.41 Å². The van der Waals surface area contributed by atoms with Gasteiger partial charge in [0, 0.05) is 32.6 Å². The molecule has 5 heteroatoms. The molecular formula is C10H20N4O. The van der Waals surface area contributed by atoms with Crippen LogP contribution in [-0.4, -0.2) is 48.3 Å². The summed E-state index contributed by atoms with van der Waals surface area (Å²) in [5.41, 5.74) is 5.44. The molecule has 0 unspecified atom stereocenters. The first kappa shape index (κ1) is 11.8. The van der Waals surface area contributed by atoms with E-state index in [-0.39, 0.29) is 17.8 Å². The largest absolute Gasteiger partial charge is 0.387 e. The highest BCUT2D eigenvalue weighted by Gasteiger charge is 2.25. The molecule has 5 nitrogen and oxygen atoms in total. The molecule has 1 heterocycles. The minimum Gasteiger partial charge on any atom is -0.387 e. The lowest BCUT2D eigenvalue weighted by molar-refractivity contribution is 0.149. The Hall–Kier alpha value is -1.26. The molecule has 0 aromatic carbocycles. The number of carbonyl (C=O) groups is 1. The summed E-state index contributed by atoms with van der Waals surface area (Å²) in [6, 6.07) is 0.0829. The zero-order valence-corrected chi connectivity index (χ0v) is 9.49. The number of urea groups is 1. The zero-order chi connectivity index (χ0) is 11.4. The number of carbonyl (C=O) groups excluding carboxylic acids is 1. The van der Waals surface area contributed by atoms with Crippen molar-refractivity contribution in [2.24, 2.45) is 11.7 Å². The van der Waals surface area contributed by atoms with Crippen LogP contribution in [0.5, 0.6) is 0 Å². The van der Waals surface area contributed by atoms with E-state index in [9.17, 15) is 4.79 Å². The van der Waals surface area contributed by atoms with Gasteiger partial charge in [0.15, 0.2) is 0 Å². The Morgan fingerprint density at radius 3 is 2.47 bits per heavy atom. The molecule has 1 saturated heterocycles. The van der Waals surface area contributed by atoms with E-state index in [2.05, 4.69) is 0 Å². The van der Waals surface area contributed by atoms with Crippen molar-refractivity contribution >= 4 is 11.9 Å². The van der Waals surface area contributed by atoms with Crippen molar-refractivity contribution in [2.75, 3.05) is 26.7 Å². The molecule has 0 bridgehead atoms. The molecule has 86 valence electrons. The number of nitrogens with zero attached hydrogens (tertiary/aromatic N) is 2. The summed E-state index contributed by atoms with van der Waals surface area (Å²) in [4.78, 5) is 15.3. The summed E-state index contributed by atoms with van der Waals surface area (Å²) >= 11 is 0. The third kappa shape index (κ3) is 2.84. The van der Waals surface area contributed by atoms with Crippen molar-refractivity contribution in [3.05, 3.63) is 0 Å². The van der Waals surface area contributed by atoms with Crippen molar-refractivity contribution in [3.8, 4) is 0 Å². The lowest BCUT2D eigenvalue weighted by atomic mass is 9.96. The van der Waals surface area contributed by atoms with E-state index in [4.69, 9.17) is 11.1 Å². The second-order valence-corrected chi connectivity index (χ2v) is 4.01. The van der Waals surface area contributed by atoms with Gasteiger partial charge < -0.3 is 15.5 Å². The predicted molar refractivity (Wildman–Crippen MR) is 59.9 cm³/mol. The Morgan fingerprint density at radius 1 is 1.53 bits per heavy atom. The first-order chi connectivity index (χ1) is 7.06. The highest BCUT2D eigenvalue weighted by Crippen LogP contribution is 2.17. The molecule has 0 atom stereocenters. The Bertz CT molecular complexity index is 246. The Morgan fingerprint density at radius 2 is 2.07 bits per heavy atom. The summed E-state index contributed by atoms with van der Waals surface area (Å²) in [6.45, 7) is 4.12. The van der Waals surface area contributed by atoms with E-state index >= 15 is 0 Å². The average Bonchev–Trinajstić information content (AvgIpc) is 2.27. The molecule has 3 N–H and O–H groups in total. The van der Waals surface area contributed by atoms with Gasteiger partial charge in [-0.15, -0.1) is 0 Å². The van der Waals surface area contributed by atoms with Gasteiger partial charge in [0.1, 0.15) is 0 Å². The molecule has 1 aliphatic heterocycles. The first-order valence-electron chi connectivity index (χ1n) is 5.40. The number of amides is 2. The van der Waals surface area contributed by atoms with Gasteiger partial charge in [-0.2, -0.15) is 0 Å². The highest BCUT2D eigenvalue weighted by atomic mass is 16.2. The molecule has 1 fully saturated rings. The fourth-order valence-corrected chi connectivity index (χ4v) is 1.76. The molecular weight excluding hydrogens is 192 g/mol. The fourth-order valence-electron chi connectivity index (χ4n) is 1.76. The summed E-state index contributed by atoms with van der Waals surface area (Å²) in [6.07, 6.45) is 1.64. The van der Waals surface area contributed by atoms with Gasteiger partial charge in [-0.1, -0.05) is 0 Å². The average molecular weight is 212 g/mol. The molecule has 0 saturated carbocycles. The number of rotatable bonds is 2. The van der Waals surface area contributed by atoms with Crippen LogP contribution in [0.4, 0.5) is 4.79 Å². The monoisotopic (exact) mass is 212 g/mol.